The summed E-state index contributed by atoms with van der Waals surface area (Å²) in [7, 11) is 2.01. The number of rotatable bonds is 7. The number of carbonyl (C=O) groups excluding carboxylic acids is 1. The summed E-state index contributed by atoms with van der Waals surface area (Å²) in [5.74, 6) is 0.816. The number of aryl methyl sites for hydroxylation is 1. The molecule has 2 aliphatic heterocycles. The number of amides is 1. The van der Waals surface area contributed by atoms with Crippen LogP contribution >= 0.6 is 11.3 Å². The van der Waals surface area contributed by atoms with Crippen LogP contribution in [0.2, 0.25) is 0 Å². The number of halogens is 1. The Balaban J connectivity index is 1.20. The number of carbonyl (C=O) groups is 1. The van der Waals surface area contributed by atoms with Gasteiger partial charge in [-0.3, -0.25) is 14.1 Å². The maximum atomic E-state index is 13.4. The van der Waals surface area contributed by atoms with Crippen molar-refractivity contribution in [2.24, 2.45) is 0 Å². The molecule has 39 heavy (non-hydrogen) atoms. The lowest BCUT2D eigenvalue weighted by molar-refractivity contribution is -0.142. The summed E-state index contributed by atoms with van der Waals surface area (Å²) in [4.78, 5) is 30.5. The normalized spacial score (nSPS) is 16.6. The van der Waals surface area contributed by atoms with Crippen molar-refractivity contribution in [1.82, 2.24) is 24.2 Å². The first-order valence-corrected chi connectivity index (χ1v) is 14.2. The van der Waals surface area contributed by atoms with E-state index in [2.05, 4.69) is 44.4 Å². The number of hydrogen-bond acceptors (Lipinski definition) is 8. The van der Waals surface area contributed by atoms with E-state index >= 15 is 0 Å². The highest BCUT2D eigenvalue weighted by molar-refractivity contribution is 7.14. The Labute approximate surface area is 230 Å². The lowest BCUT2D eigenvalue weighted by Gasteiger charge is -2.39. The SMILES string of the molecule is CCc1nc2ccc(N3CCN(CC(=O)N4CC(O)C4)CC3)cn2c1N(C)c1nc(-c2ccc(F)cc2)cs1. The van der Waals surface area contributed by atoms with Gasteiger partial charge in [-0.1, -0.05) is 6.92 Å². The number of benzene rings is 1. The Morgan fingerprint density at radius 1 is 1.10 bits per heavy atom. The second-order valence-electron chi connectivity index (χ2n) is 10.1. The number of nitrogens with zero attached hydrogens (tertiary/aromatic N) is 7. The Morgan fingerprint density at radius 2 is 1.85 bits per heavy atom. The average molecular weight is 550 g/mol. The lowest BCUT2D eigenvalue weighted by Crippen LogP contribution is -2.57. The van der Waals surface area contributed by atoms with Gasteiger partial charge in [-0.15, -0.1) is 11.3 Å². The summed E-state index contributed by atoms with van der Waals surface area (Å²) < 4.78 is 15.5. The fourth-order valence-corrected chi connectivity index (χ4v) is 6.03. The molecule has 0 radical (unpaired) electrons. The molecule has 5 heterocycles. The maximum Gasteiger partial charge on any atom is 0.236 e. The molecule has 3 aromatic heterocycles. The van der Waals surface area contributed by atoms with Gasteiger partial charge in [0.15, 0.2) is 5.13 Å². The van der Waals surface area contributed by atoms with Crippen molar-refractivity contribution < 1.29 is 14.3 Å². The number of aliphatic hydroxyl groups excluding tert-OH is 1. The largest absolute Gasteiger partial charge is 0.389 e. The predicted molar refractivity (Wildman–Crippen MR) is 151 cm³/mol. The third-order valence-corrected chi connectivity index (χ3v) is 8.45. The number of piperazine rings is 1. The van der Waals surface area contributed by atoms with Crippen LogP contribution in [0.1, 0.15) is 12.6 Å². The van der Waals surface area contributed by atoms with Crippen molar-refractivity contribution in [3.8, 4) is 11.3 Å². The maximum absolute atomic E-state index is 13.4. The number of likely N-dealkylation sites (tertiary alicyclic amines) is 1. The molecule has 1 aromatic carbocycles. The van der Waals surface area contributed by atoms with Crippen LogP contribution in [0.25, 0.3) is 16.9 Å². The van der Waals surface area contributed by atoms with Crippen molar-refractivity contribution in [2.75, 3.05) is 62.7 Å². The van der Waals surface area contributed by atoms with Gasteiger partial charge in [-0.25, -0.2) is 14.4 Å². The zero-order valence-corrected chi connectivity index (χ0v) is 22.9. The molecule has 0 aliphatic carbocycles. The standard InChI is InChI=1S/C28H32FN7O2S/c1-3-23-27(32(2)28-31-24(18-39-28)19-4-6-20(29)7-5-19)36-14-21(8-9-25(36)30-23)34-12-10-33(11-13-34)17-26(38)35-15-22(37)16-35/h4-9,14,18,22,37H,3,10-13,15-17H2,1-2H3. The molecule has 204 valence electrons. The van der Waals surface area contributed by atoms with Crippen LogP contribution < -0.4 is 9.80 Å². The molecule has 0 bridgehead atoms. The molecule has 6 rings (SSSR count). The Kier molecular flexibility index (Phi) is 6.96. The number of fused-ring (bicyclic) bond motifs is 1. The minimum absolute atomic E-state index is 0.0955. The second-order valence-corrected chi connectivity index (χ2v) is 11.0. The Bertz CT molecular complexity index is 1470. The van der Waals surface area contributed by atoms with Gasteiger partial charge in [0.2, 0.25) is 5.91 Å². The number of pyridine rings is 1. The van der Waals surface area contributed by atoms with E-state index in [9.17, 15) is 14.3 Å². The van der Waals surface area contributed by atoms with Crippen molar-refractivity contribution in [3.63, 3.8) is 0 Å². The topological polar surface area (TPSA) is 80.5 Å². The molecule has 2 saturated heterocycles. The zero-order valence-electron chi connectivity index (χ0n) is 22.1. The number of aromatic nitrogens is 3. The number of anilines is 3. The molecule has 1 N–H and O–H groups in total. The van der Waals surface area contributed by atoms with Gasteiger partial charge in [-0.2, -0.15) is 0 Å². The van der Waals surface area contributed by atoms with E-state index in [0.29, 0.717) is 19.6 Å². The summed E-state index contributed by atoms with van der Waals surface area (Å²) in [6, 6.07) is 10.6. The number of aliphatic hydroxyl groups is 1. The molecular formula is C28H32FN7O2S. The molecule has 11 heteroatoms. The average Bonchev–Trinajstić information content (AvgIpc) is 3.56. The van der Waals surface area contributed by atoms with Gasteiger partial charge in [0.05, 0.1) is 29.7 Å². The highest BCUT2D eigenvalue weighted by atomic mass is 32.1. The van der Waals surface area contributed by atoms with Crippen LogP contribution in [-0.2, 0) is 11.2 Å². The predicted octanol–water partition coefficient (Wildman–Crippen LogP) is 3.25. The van der Waals surface area contributed by atoms with Gasteiger partial charge < -0.3 is 19.8 Å². The Morgan fingerprint density at radius 3 is 2.54 bits per heavy atom. The minimum atomic E-state index is -0.367. The van der Waals surface area contributed by atoms with E-state index in [-0.39, 0.29) is 17.8 Å². The summed E-state index contributed by atoms with van der Waals surface area (Å²) in [5.41, 5.74) is 4.68. The second kappa shape index (κ2) is 10.6. The van der Waals surface area contributed by atoms with Crippen LogP contribution in [0.4, 0.5) is 21.0 Å². The van der Waals surface area contributed by atoms with E-state index in [1.54, 1.807) is 28.4 Å². The highest BCUT2D eigenvalue weighted by Crippen LogP contribution is 2.34. The molecule has 9 nitrogen and oxygen atoms in total. The van der Waals surface area contributed by atoms with Crippen LogP contribution in [0.3, 0.4) is 0 Å². The molecule has 0 unspecified atom stereocenters. The highest BCUT2D eigenvalue weighted by Gasteiger charge is 2.30. The van der Waals surface area contributed by atoms with Gasteiger partial charge in [0.1, 0.15) is 17.3 Å². The van der Waals surface area contributed by atoms with Crippen molar-refractivity contribution in [3.05, 3.63) is 59.5 Å². The minimum Gasteiger partial charge on any atom is -0.389 e. The van der Waals surface area contributed by atoms with Gasteiger partial charge >= 0.3 is 0 Å². The van der Waals surface area contributed by atoms with E-state index in [1.165, 1.54) is 12.1 Å². The molecule has 4 aromatic rings. The van der Waals surface area contributed by atoms with Crippen molar-refractivity contribution in [2.45, 2.75) is 19.4 Å². The molecule has 0 spiro atoms. The van der Waals surface area contributed by atoms with E-state index < -0.39 is 0 Å². The number of β-amino-alcohol motifs (C(OH)–C–C–N with tert-alkyl or cyclic N) is 1. The van der Waals surface area contributed by atoms with Crippen molar-refractivity contribution in [1.29, 1.82) is 0 Å². The molecule has 2 fully saturated rings. The molecule has 1 amide bonds. The molecule has 0 saturated carbocycles. The Hall–Kier alpha value is -3.54. The van der Waals surface area contributed by atoms with Gasteiger partial charge in [-0.05, 0) is 42.8 Å². The monoisotopic (exact) mass is 549 g/mol. The lowest BCUT2D eigenvalue weighted by atomic mass is 10.1. The summed E-state index contributed by atoms with van der Waals surface area (Å²) in [6.07, 6.45) is 2.56. The molecular weight excluding hydrogens is 517 g/mol. The summed E-state index contributed by atoms with van der Waals surface area (Å²) in [5, 5.41) is 12.3. The fourth-order valence-electron chi connectivity index (χ4n) is 5.23. The van der Waals surface area contributed by atoms with E-state index in [0.717, 1.165) is 71.8 Å². The van der Waals surface area contributed by atoms with Crippen molar-refractivity contribution >= 4 is 39.5 Å². The summed E-state index contributed by atoms with van der Waals surface area (Å²) in [6.45, 7) is 6.69. The third-order valence-electron chi connectivity index (χ3n) is 7.53. The van der Waals surface area contributed by atoms with E-state index in [4.69, 9.17) is 9.97 Å². The first kappa shape index (κ1) is 25.7. The third kappa shape index (κ3) is 5.09. The number of thiazole rings is 1. The van der Waals surface area contributed by atoms with Crippen LogP contribution in [-0.4, -0.2) is 94.1 Å². The quantitative estimate of drug-likeness (QED) is 0.379. The first-order chi connectivity index (χ1) is 18.9. The number of hydrogen-bond donors (Lipinski definition) is 1. The zero-order chi connectivity index (χ0) is 27.1. The summed E-state index contributed by atoms with van der Waals surface area (Å²) >= 11 is 1.55. The van der Waals surface area contributed by atoms with Gasteiger partial charge in [0.25, 0.3) is 0 Å². The smallest absolute Gasteiger partial charge is 0.236 e. The fraction of sp³-hybridized carbons (Fsp3) is 0.393. The molecule has 2 aliphatic rings. The van der Waals surface area contributed by atoms with Crippen LogP contribution in [0.5, 0.6) is 0 Å². The van der Waals surface area contributed by atoms with E-state index in [1.807, 2.05) is 12.4 Å². The van der Waals surface area contributed by atoms with Crippen LogP contribution in [0.15, 0.2) is 48.0 Å². The first-order valence-electron chi connectivity index (χ1n) is 13.3. The molecule has 0 atom stereocenters. The van der Waals surface area contributed by atoms with Crippen LogP contribution in [0, 0.1) is 5.82 Å². The number of imidazole rings is 1. The van der Waals surface area contributed by atoms with Gasteiger partial charge in [0, 0.05) is 63.5 Å².